The van der Waals surface area contributed by atoms with Gasteiger partial charge in [-0.1, -0.05) is 5.16 Å². The molecule has 0 aromatic carbocycles. The minimum absolute atomic E-state index is 0.211. The van der Waals surface area contributed by atoms with Crippen LogP contribution < -0.4 is 5.73 Å². The lowest BCUT2D eigenvalue weighted by Crippen LogP contribution is -2.23. The first-order chi connectivity index (χ1) is 5.66. The van der Waals surface area contributed by atoms with E-state index in [0.717, 1.165) is 0 Å². The summed E-state index contributed by atoms with van der Waals surface area (Å²) in [5.41, 5.74) is 5.80. The molecular weight excluding hydrogens is 158 g/mol. The SMILES string of the molecule is Cn1cccc1C(O)/C(N)=N/O. The van der Waals surface area contributed by atoms with E-state index in [1.54, 1.807) is 29.9 Å². The van der Waals surface area contributed by atoms with Crippen LogP contribution in [0.15, 0.2) is 23.5 Å². The number of rotatable bonds is 2. The third-order valence-electron chi connectivity index (χ3n) is 1.66. The van der Waals surface area contributed by atoms with E-state index >= 15 is 0 Å². The van der Waals surface area contributed by atoms with Crippen LogP contribution in [0.2, 0.25) is 0 Å². The van der Waals surface area contributed by atoms with E-state index in [9.17, 15) is 5.11 Å². The number of hydrogen-bond acceptors (Lipinski definition) is 3. The molecule has 1 rings (SSSR count). The van der Waals surface area contributed by atoms with Gasteiger partial charge in [-0.05, 0) is 12.1 Å². The maximum Gasteiger partial charge on any atom is 0.174 e. The van der Waals surface area contributed by atoms with Crippen LogP contribution in [0.3, 0.4) is 0 Å². The number of oxime groups is 1. The Morgan fingerprint density at radius 3 is 2.83 bits per heavy atom. The van der Waals surface area contributed by atoms with Gasteiger partial charge in [-0.15, -0.1) is 0 Å². The predicted octanol–water partition coefficient (Wildman–Crippen LogP) is -0.195. The molecule has 5 nitrogen and oxygen atoms in total. The van der Waals surface area contributed by atoms with Crippen molar-refractivity contribution in [1.82, 2.24) is 4.57 Å². The average molecular weight is 169 g/mol. The molecule has 0 radical (unpaired) electrons. The Balaban J connectivity index is 2.92. The van der Waals surface area contributed by atoms with Crippen LogP contribution >= 0.6 is 0 Å². The number of hydrogen-bond donors (Lipinski definition) is 3. The van der Waals surface area contributed by atoms with Crippen LogP contribution in [0, 0.1) is 0 Å². The molecule has 1 atom stereocenters. The summed E-state index contributed by atoms with van der Waals surface area (Å²) >= 11 is 0. The number of nitrogens with zero attached hydrogens (tertiary/aromatic N) is 2. The molecule has 5 heteroatoms. The second kappa shape index (κ2) is 3.27. The molecule has 1 heterocycles. The Bertz CT molecular complexity index is 293. The summed E-state index contributed by atoms with van der Waals surface area (Å²) < 4.78 is 1.70. The number of aliphatic hydroxyl groups excluding tert-OH is 1. The zero-order valence-electron chi connectivity index (χ0n) is 6.68. The van der Waals surface area contributed by atoms with Crippen molar-refractivity contribution in [3.05, 3.63) is 24.0 Å². The van der Waals surface area contributed by atoms with Crippen LogP contribution in [0.5, 0.6) is 0 Å². The molecule has 1 aromatic rings. The maximum atomic E-state index is 9.42. The van der Waals surface area contributed by atoms with Crippen molar-refractivity contribution in [2.24, 2.45) is 17.9 Å². The summed E-state index contributed by atoms with van der Waals surface area (Å²) in [6.07, 6.45) is 0.721. The third-order valence-corrected chi connectivity index (χ3v) is 1.66. The molecule has 0 bridgehead atoms. The van der Waals surface area contributed by atoms with E-state index in [-0.39, 0.29) is 5.84 Å². The van der Waals surface area contributed by atoms with Crippen molar-refractivity contribution in [1.29, 1.82) is 0 Å². The van der Waals surface area contributed by atoms with Gasteiger partial charge in [-0.25, -0.2) is 0 Å². The second-order valence-corrected chi connectivity index (χ2v) is 2.47. The van der Waals surface area contributed by atoms with E-state index in [1.165, 1.54) is 0 Å². The summed E-state index contributed by atoms with van der Waals surface area (Å²) in [4.78, 5) is 0. The van der Waals surface area contributed by atoms with Gasteiger partial charge in [-0.3, -0.25) is 0 Å². The monoisotopic (exact) mass is 169 g/mol. The van der Waals surface area contributed by atoms with Gasteiger partial charge < -0.3 is 20.6 Å². The third kappa shape index (κ3) is 1.40. The lowest BCUT2D eigenvalue weighted by molar-refractivity contribution is 0.225. The van der Waals surface area contributed by atoms with Gasteiger partial charge in [0.25, 0.3) is 0 Å². The molecular formula is C7H11N3O2. The Morgan fingerprint density at radius 2 is 2.42 bits per heavy atom. The topological polar surface area (TPSA) is 83.8 Å². The highest BCUT2D eigenvalue weighted by atomic mass is 16.4. The van der Waals surface area contributed by atoms with Crippen LogP contribution in [0.1, 0.15) is 11.8 Å². The first-order valence-corrected chi connectivity index (χ1v) is 3.43. The lowest BCUT2D eigenvalue weighted by Gasteiger charge is -2.09. The van der Waals surface area contributed by atoms with Gasteiger partial charge in [-0.2, -0.15) is 0 Å². The fourth-order valence-electron chi connectivity index (χ4n) is 0.965. The molecule has 12 heavy (non-hydrogen) atoms. The van der Waals surface area contributed by atoms with Gasteiger partial charge in [0.15, 0.2) is 11.9 Å². The summed E-state index contributed by atoms with van der Waals surface area (Å²) in [6, 6.07) is 3.46. The summed E-state index contributed by atoms with van der Waals surface area (Å²) in [7, 11) is 1.77. The Morgan fingerprint density at radius 1 is 1.75 bits per heavy atom. The average Bonchev–Trinajstić information content (AvgIpc) is 2.48. The Labute approximate surface area is 69.7 Å². The van der Waals surface area contributed by atoms with Gasteiger partial charge in [0.05, 0.1) is 5.69 Å². The Hall–Kier alpha value is -1.49. The van der Waals surface area contributed by atoms with Crippen molar-refractivity contribution >= 4 is 5.84 Å². The molecule has 1 aromatic heterocycles. The normalized spacial score (nSPS) is 14.7. The van der Waals surface area contributed by atoms with E-state index < -0.39 is 6.10 Å². The highest BCUT2D eigenvalue weighted by Gasteiger charge is 2.14. The molecule has 0 aliphatic heterocycles. The molecule has 1 unspecified atom stereocenters. The molecule has 66 valence electrons. The van der Waals surface area contributed by atoms with Crippen molar-refractivity contribution in [2.45, 2.75) is 6.10 Å². The highest BCUT2D eigenvalue weighted by Crippen LogP contribution is 2.11. The fraction of sp³-hybridized carbons (Fsp3) is 0.286. The van der Waals surface area contributed by atoms with E-state index in [4.69, 9.17) is 10.9 Å². The fourth-order valence-corrected chi connectivity index (χ4v) is 0.965. The van der Waals surface area contributed by atoms with Crippen LogP contribution in [-0.2, 0) is 7.05 Å². The van der Waals surface area contributed by atoms with Crippen LogP contribution in [-0.4, -0.2) is 20.7 Å². The summed E-state index contributed by atoms with van der Waals surface area (Å²) in [5, 5.41) is 20.4. The molecule has 0 fully saturated rings. The molecule has 0 amide bonds. The van der Waals surface area contributed by atoms with Gasteiger partial charge >= 0.3 is 0 Å². The molecule has 0 saturated carbocycles. The number of aromatic nitrogens is 1. The molecule has 0 spiro atoms. The first-order valence-electron chi connectivity index (χ1n) is 3.43. The molecule has 4 N–H and O–H groups in total. The van der Waals surface area contributed by atoms with Gasteiger partial charge in [0, 0.05) is 13.2 Å². The Kier molecular flexibility index (Phi) is 2.35. The quantitative estimate of drug-likeness (QED) is 0.248. The first kappa shape index (κ1) is 8.61. The second-order valence-electron chi connectivity index (χ2n) is 2.47. The van der Waals surface area contributed by atoms with E-state index in [2.05, 4.69) is 5.16 Å². The lowest BCUT2D eigenvalue weighted by atomic mass is 10.2. The number of amidine groups is 1. The van der Waals surface area contributed by atoms with Gasteiger partial charge in [0.1, 0.15) is 0 Å². The van der Waals surface area contributed by atoms with Gasteiger partial charge in [0.2, 0.25) is 0 Å². The number of aliphatic hydroxyl groups is 1. The molecule has 0 aliphatic rings. The van der Waals surface area contributed by atoms with Crippen molar-refractivity contribution in [3.63, 3.8) is 0 Å². The number of aryl methyl sites for hydroxylation is 1. The van der Waals surface area contributed by atoms with Crippen molar-refractivity contribution < 1.29 is 10.3 Å². The van der Waals surface area contributed by atoms with E-state index in [1.807, 2.05) is 0 Å². The maximum absolute atomic E-state index is 9.42. The standard InChI is InChI=1S/C7H11N3O2/c1-10-4-2-3-5(10)6(11)7(8)9-12/h2-4,6,11-12H,1H3,(H2,8,9). The van der Waals surface area contributed by atoms with E-state index in [0.29, 0.717) is 5.69 Å². The van der Waals surface area contributed by atoms with Crippen LogP contribution in [0.4, 0.5) is 0 Å². The zero-order valence-corrected chi connectivity index (χ0v) is 6.68. The largest absolute Gasteiger partial charge is 0.409 e. The summed E-state index contributed by atoms with van der Waals surface area (Å²) in [5.74, 6) is -0.211. The molecule has 0 saturated heterocycles. The zero-order chi connectivity index (χ0) is 9.14. The smallest absolute Gasteiger partial charge is 0.174 e. The van der Waals surface area contributed by atoms with Crippen molar-refractivity contribution in [3.8, 4) is 0 Å². The minimum atomic E-state index is -1.05. The number of nitrogens with two attached hydrogens (primary N) is 1. The van der Waals surface area contributed by atoms with Crippen LogP contribution in [0.25, 0.3) is 0 Å². The summed E-state index contributed by atoms with van der Waals surface area (Å²) in [6.45, 7) is 0. The molecule has 0 aliphatic carbocycles. The highest BCUT2D eigenvalue weighted by molar-refractivity contribution is 5.84. The minimum Gasteiger partial charge on any atom is -0.409 e. The predicted molar refractivity (Wildman–Crippen MR) is 43.8 cm³/mol. The van der Waals surface area contributed by atoms with Crippen molar-refractivity contribution in [2.75, 3.05) is 0 Å².